The van der Waals surface area contributed by atoms with Crippen molar-refractivity contribution in [2.75, 3.05) is 19.4 Å². The molecule has 0 aliphatic carbocycles. The quantitative estimate of drug-likeness (QED) is 0.547. The molecule has 1 heterocycles. The first-order valence-corrected chi connectivity index (χ1v) is 5.55. The van der Waals surface area contributed by atoms with Crippen molar-refractivity contribution in [3.8, 4) is 0 Å². The van der Waals surface area contributed by atoms with Crippen molar-refractivity contribution in [1.29, 1.82) is 0 Å². The van der Waals surface area contributed by atoms with E-state index in [9.17, 15) is 8.42 Å². The van der Waals surface area contributed by atoms with Crippen molar-refractivity contribution in [1.82, 2.24) is 5.32 Å². The van der Waals surface area contributed by atoms with Gasteiger partial charge in [-0.3, -0.25) is 4.18 Å². The van der Waals surface area contributed by atoms with E-state index < -0.39 is 10.1 Å². The van der Waals surface area contributed by atoms with Gasteiger partial charge in [-0.1, -0.05) is 0 Å². The zero-order valence-corrected chi connectivity index (χ0v) is 7.67. The number of rotatable bonds is 3. The lowest BCUT2D eigenvalue weighted by atomic mass is 10.2. The van der Waals surface area contributed by atoms with Crippen LogP contribution >= 0.6 is 0 Å². The van der Waals surface area contributed by atoms with Crippen molar-refractivity contribution in [3.05, 3.63) is 0 Å². The molecule has 72 valence electrons. The zero-order valence-electron chi connectivity index (χ0n) is 6.86. The van der Waals surface area contributed by atoms with Crippen LogP contribution in [0.2, 0.25) is 0 Å². The van der Waals surface area contributed by atoms with Gasteiger partial charge in [0, 0.05) is 12.6 Å². The second-order valence-electron chi connectivity index (χ2n) is 2.98. The van der Waals surface area contributed by atoms with Crippen LogP contribution < -0.4 is 5.32 Å². The molecule has 0 spiro atoms. The Morgan fingerprint density at radius 3 is 2.75 bits per heavy atom. The van der Waals surface area contributed by atoms with Crippen molar-refractivity contribution in [2.45, 2.75) is 18.6 Å². The minimum atomic E-state index is -3.35. The highest BCUT2D eigenvalue weighted by Crippen LogP contribution is 2.07. The molecule has 0 bridgehead atoms. The number of β-amino-alcohol motifs (C(OH)–C–C–N with tert-alkyl or cyclic N) is 1. The molecule has 2 N–H and O–H groups in total. The van der Waals surface area contributed by atoms with Crippen LogP contribution in [-0.2, 0) is 14.3 Å². The van der Waals surface area contributed by atoms with Crippen molar-refractivity contribution in [3.63, 3.8) is 0 Å². The van der Waals surface area contributed by atoms with Gasteiger partial charge in [-0.05, 0) is 6.42 Å². The highest BCUT2D eigenvalue weighted by molar-refractivity contribution is 7.85. The SMILES string of the molecule is CS(=O)(=O)OC[C@@H]1CC(O)CN1. The van der Waals surface area contributed by atoms with Crippen molar-refractivity contribution >= 4 is 10.1 Å². The maximum Gasteiger partial charge on any atom is 0.264 e. The van der Waals surface area contributed by atoms with Gasteiger partial charge in [0.05, 0.1) is 19.0 Å². The van der Waals surface area contributed by atoms with Crippen LogP contribution in [0, 0.1) is 0 Å². The molecule has 0 aromatic heterocycles. The summed E-state index contributed by atoms with van der Waals surface area (Å²) in [5, 5.41) is 12.0. The van der Waals surface area contributed by atoms with Gasteiger partial charge in [0.25, 0.3) is 10.1 Å². The predicted molar refractivity (Wildman–Crippen MR) is 43.2 cm³/mol. The molecular weight excluding hydrogens is 182 g/mol. The van der Waals surface area contributed by atoms with E-state index in [0.717, 1.165) is 6.26 Å². The maximum absolute atomic E-state index is 10.6. The van der Waals surface area contributed by atoms with Gasteiger partial charge in [-0.2, -0.15) is 8.42 Å². The molecule has 0 saturated carbocycles. The van der Waals surface area contributed by atoms with Gasteiger partial charge in [0.2, 0.25) is 0 Å². The molecule has 1 fully saturated rings. The van der Waals surface area contributed by atoms with E-state index in [2.05, 4.69) is 9.50 Å². The molecule has 1 aliphatic rings. The molecule has 2 atom stereocenters. The first-order valence-electron chi connectivity index (χ1n) is 3.73. The third-order valence-electron chi connectivity index (χ3n) is 1.68. The molecule has 1 aliphatic heterocycles. The number of nitrogens with one attached hydrogen (secondary N) is 1. The van der Waals surface area contributed by atoms with E-state index in [4.69, 9.17) is 5.11 Å². The van der Waals surface area contributed by atoms with Crippen LogP contribution in [0.1, 0.15) is 6.42 Å². The lowest BCUT2D eigenvalue weighted by Gasteiger charge is -2.08. The summed E-state index contributed by atoms with van der Waals surface area (Å²) in [6.07, 6.45) is 1.19. The molecule has 0 aromatic carbocycles. The predicted octanol–water partition coefficient (Wildman–Crippen LogP) is -1.31. The molecule has 1 unspecified atom stereocenters. The first-order chi connectivity index (χ1) is 5.47. The average Bonchev–Trinajstić information content (AvgIpc) is 2.30. The van der Waals surface area contributed by atoms with Gasteiger partial charge in [0.1, 0.15) is 0 Å². The Bertz CT molecular complexity index is 238. The fourth-order valence-electron chi connectivity index (χ4n) is 1.13. The van der Waals surface area contributed by atoms with Gasteiger partial charge in [-0.25, -0.2) is 0 Å². The van der Waals surface area contributed by atoms with Crippen LogP contribution in [0.3, 0.4) is 0 Å². The minimum absolute atomic E-state index is 0.0466. The Labute approximate surface area is 71.9 Å². The summed E-state index contributed by atoms with van der Waals surface area (Å²) in [6.45, 7) is 0.619. The van der Waals surface area contributed by atoms with E-state index in [-0.39, 0.29) is 18.8 Å². The van der Waals surface area contributed by atoms with Crippen LogP contribution in [0.25, 0.3) is 0 Å². The number of hydrogen-bond donors (Lipinski definition) is 2. The Morgan fingerprint density at radius 1 is 1.67 bits per heavy atom. The molecular formula is C6H13NO4S. The summed E-state index contributed by atoms with van der Waals surface area (Å²) in [6, 6.07) is -0.0466. The molecule has 0 aromatic rings. The standard InChI is InChI=1S/C6H13NO4S/c1-12(9,10)11-4-5-2-6(8)3-7-5/h5-8H,2-4H2,1H3/t5-,6?/m0/s1. The molecule has 0 radical (unpaired) electrons. The Hall–Kier alpha value is -0.170. The van der Waals surface area contributed by atoms with Crippen molar-refractivity contribution in [2.24, 2.45) is 0 Å². The zero-order chi connectivity index (χ0) is 9.19. The molecule has 6 heteroatoms. The van der Waals surface area contributed by atoms with Gasteiger partial charge < -0.3 is 10.4 Å². The normalized spacial score (nSPS) is 30.8. The van der Waals surface area contributed by atoms with Crippen molar-refractivity contribution < 1.29 is 17.7 Å². The Morgan fingerprint density at radius 2 is 2.33 bits per heavy atom. The van der Waals surface area contributed by atoms with Crippen LogP contribution in [0.15, 0.2) is 0 Å². The smallest absolute Gasteiger partial charge is 0.264 e. The first kappa shape index (κ1) is 9.91. The lowest BCUT2D eigenvalue weighted by Crippen LogP contribution is -2.27. The monoisotopic (exact) mass is 195 g/mol. The van der Waals surface area contributed by atoms with Gasteiger partial charge >= 0.3 is 0 Å². The Balaban J connectivity index is 2.25. The largest absolute Gasteiger partial charge is 0.392 e. The lowest BCUT2D eigenvalue weighted by molar-refractivity contribution is 0.187. The molecule has 1 rings (SSSR count). The molecule has 12 heavy (non-hydrogen) atoms. The summed E-state index contributed by atoms with van der Waals surface area (Å²) < 4.78 is 25.7. The van der Waals surface area contributed by atoms with E-state index in [1.54, 1.807) is 0 Å². The Kier molecular flexibility index (Phi) is 3.05. The minimum Gasteiger partial charge on any atom is -0.392 e. The second-order valence-corrected chi connectivity index (χ2v) is 4.63. The molecule has 0 amide bonds. The molecule has 5 nitrogen and oxygen atoms in total. The van der Waals surface area contributed by atoms with E-state index in [1.165, 1.54) is 0 Å². The van der Waals surface area contributed by atoms with Crippen LogP contribution in [-0.4, -0.2) is 45.1 Å². The van der Waals surface area contributed by atoms with Crippen LogP contribution in [0.4, 0.5) is 0 Å². The average molecular weight is 195 g/mol. The number of hydrogen-bond acceptors (Lipinski definition) is 5. The summed E-state index contributed by atoms with van der Waals surface area (Å²) in [5.74, 6) is 0. The number of aliphatic hydroxyl groups excluding tert-OH is 1. The van der Waals surface area contributed by atoms with E-state index in [1.807, 2.05) is 0 Å². The van der Waals surface area contributed by atoms with Crippen LogP contribution in [0.5, 0.6) is 0 Å². The molecule has 1 saturated heterocycles. The second kappa shape index (κ2) is 3.69. The maximum atomic E-state index is 10.6. The summed E-state index contributed by atoms with van der Waals surface area (Å²) in [7, 11) is -3.35. The van der Waals surface area contributed by atoms with E-state index >= 15 is 0 Å². The third kappa shape index (κ3) is 3.48. The van der Waals surface area contributed by atoms with E-state index in [0.29, 0.717) is 13.0 Å². The highest BCUT2D eigenvalue weighted by Gasteiger charge is 2.23. The summed E-state index contributed by atoms with van der Waals surface area (Å²) in [4.78, 5) is 0. The fraction of sp³-hybridized carbons (Fsp3) is 1.00. The third-order valence-corrected chi connectivity index (χ3v) is 2.25. The summed E-state index contributed by atoms with van der Waals surface area (Å²) >= 11 is 0. The fourth-order valence-corrected chi connectivity index (χ4v) is 1.54. The summed E-state index contributed by atoms with van der Waals surface area (Å²) in [5.41, 5.74) is 0. The van der Waals surface area contributed by atoms with Gasteiger partial charge in [-0.15, -0.1) is 0 Å². The topological polar surface area (TPSA) is 75.6 Å². The van der Waals surface area contributed by atoms with Gasteiger partial charge in [0.15, 0.2) is 0 Å². The number of aliphatic hydroxyl groups is 1. The highest BCUT2D eigenvalue weighted by atomic mass is 32.2.